The van der Waals surface area contributed by atoms with E-state index in [-0.39, 0.29) is 53.9 Å². The lowest BCUT2D eigenvalue weighted by Gasteiger charge is -2.29. The zero-order valence-electron chi connectivity index (χ0n) is 34.7. The number of nitrogens with one attached hydrogen (secondary N) is 1. The number of carbonyl (C=O) groups is 2. The molecule has 0 aliphatic heterocycles. The first-order valence-corrected chi connectivity index (χ1v) is 22.1. The molecule has 0 spiro atoms. The van der Waals surface area contributed by atoms with Crippen molar-refractivity contribution in [2.75, 3.05) is 0 Å². The maximum Gasteiger partial charge on any atom is 0.311 e. The number of benzene rings is 6. The SMILES string of the molecule is CC(C)n1c(C[P+](c2ccccc2)(c2ccccc2)c2ccccc2)c(-c2ccc(F)cc2)c(-c2ccccc2)c1C(=O)NCc1ccc(COC(=O)C(C)(C)C)cc1.[Br-]. The fourth-order valence-corrected chi connectivity index (χ4v) is 12.0. The van der Waals surface area contributed by atoms with E-state index in [4.69, 9.17) is 4.74 Å². The number of carbonyl (C=O) groups excluding carboxylic acids is 2. The Bertz CT molecular complexity index is 2410. The van der Waals surface area contributed by atoms with Gasteiger partial charge in [-0.15, -0.1) is 0 Å². The lowest BCUT2D eigenvalue weighted by atomic mass is 9.94. The molecule has 1 aromatic heterocycles. The van der Waals surface area contributed by atoms with Gasteiger partial charge in [-0.25, -0.2) is 4.39 Å². The van der Waals surface area contributed by atoms with Crippen LogP contribution in [0.4, 0.5) is 4.39 Å². The van der Waals surface area contributed by atoms with Crippen molar-refractivity contribution < 1.29 is 35.7 Å². The van der Waals surface area contributed by atoms with Gasteiger partial charge in [0.25, 0.3) is 5.91 Å². The van der Waals surface area contributed by atoms with Gasteiger partial charge in [0.1, 0.15) is 47.5 Å². The molecule has 7 aromatic rings. The summed E-state index contributed by atoms with van der Waals surface area (Å²) in [6.45, 7) is 10.2. The third kappa shape index (κ3) is 9.39. The highest BCUT2D eigenvalue weighted by molar-refractivity contribution is 7.95. The number of amides is 1. The zero-order valence-corrected chi connectivity index (χ0v) is 37.2. The standard InChI is InChI=1S/C52H50FN2O3P.BrH/c1-37(2)55-46(36-59(43-20-12-7-13-21-43,44-22-14-8-15-23-44)45-24-16-9-17-25-45)47(41-30-32-42(53)33-31-41)48(40-18-10-6-11-19-40)49(55)50(56)54-34-38-26-28-39(29-27-38)35-58-51(57)52(3,4)5;/h6-33,37H,34-36H2,1-5H3;1H. The maximum atomic E-state index is 15.1. The van der Waals surface area contributed by atoms with Crippen LogP contribution in [0.3, 0.4) is 0 Å². The third-order valence-corrected chi connectivity index (χ3v) is 15.0. The largest absolute Gasteiger partial charge is 1.00 e. The van der Waals surface area contributed by atoms with Gasteiger partial charge in [-0.05, 0) is 105 Å². The second-order valence-electron chi connectivity index (χ2n) is 16.2. The van der Waals surface area contributed by atoms with E-state index in [0.29, 0.717) is 11.9 Å². The molecule has 1 heterocycles. The average molecular weight is 882 g/mol. The Labute approximate surface area is 364 Å². The summed E-state index contributed by atoms with van der Waals surface area (Å²) >= 11 is 0. The van der Waals surface area contributed by atoms with Gasteiger partial charge >= 0.3 is 5.97 Å². The Morgan fingerprint density at radius 1 is 0.633 bits per heavy atom. The molecule has 0 atom stereocenters. The number of rotatable bonds is 13. The van der Waals surface area contributed by atoms with E-state index in [1.165, 1.54) is 28.0 Å². The van der Waals surface area contributed by atoms with Crippen molar-refractivity contribution >= 4 is 35.1 Å². The summed E-state index contributed by atoms with van der Waals surface area (Å²) in [7, 11) is -2.47. The highest BCUT2D eigenvalue weighted by Crippen LogP contribution is 2.60. The van der Waals surface area contributed by atoms with E-state index in [1.807, 2.05) is 87.5 Å². The van der Waals surface area contributed by atoms with Crippen LogP contribution in [0.2, 0.25) is 0 Å². The van der Waals surface area contributed by atoms with Crippen LogP contribution in [0, 0.1) is 11.2 Å². The highest BCUT2D eigenvalue weighted by Gasteiger charge is 2.48. The Kier molecular flexibility index (Phi) is 14.0. The van der Waals surface area contributed by atoms with Crippen LogP contribution in [0.15, 0.2) is 170 Å². The summed E-state index contributed by atoms with van der Waals surface area (Å²) in [6.07, 6.45) is 0.601. The molecule has 0 unspecified atom stereocenters. The Balaban J connectivity index is 0.00000604. The smallest absolute Gasteiger partial charge is 0.311 e. The van der Waals surface area contributed by atoms with Gasteiger partial charge in [0.2, 0.25) is 0 Å². The summed E-state index contributed by atoms with van der Waals surface area (Å²) in [5, 5.41) is 6.95. The molecule has 0 aliphatic rings. The molecule has 5 nitrogen and oxygen atoms in total. The minimum absolute atomic E-state index is 0. The predicted octanol–water partition coefficient (Wildman–Crippen LogP) is 8.06. The van der Waals surface area contributed by atoms with E-state index in [1.54, 1.807) is 0 Å². The molecule has 0 saturated heterocycles. The van der Waals surface area contributed by atoms with Gasteiger partial charge in [-0.2, -0.15) is 0 Å². The van der Waals surface area contributed by atoms with Crippen LogP contribution in [0.1, 0.15) is 68.0 Å². The molecule has 0 fully saturated rings. The Hall–Kier alpha value is -5.62. The first kappa shape index (κ1) is 43.9. The lowest BCUT2D eigenvalue weighted by Crippen LogP contribution is -3.00. The van der Waals surface area contributed by atoms with Crippen molar-refractivity contribution in [3.63, 3.8) is 0 Å². The first-order chi connectivity index (χ1) is 28.5. The molecule has 6 aromatic carbocycles. The van der Waals surface area contributed by atoms with Gasteiger partial charge in [-0.1, -0.05) is 121 Å². The topological polar surface area (TPSA) is 60.3 Å². The molecule has 0 aliphatic carbocycles. The van der Waals surface area contributed by atoms with Crippen molar-refractivity contribution in [1.82, 2.24) is 9.88 Å². The summed E-state index contributed by atoms with van der Waals surface area (Å²) < 4.78 is 22.5. The van der Waals surface area contributed by atoms with E-state index < -0.39 is 12.7 Å². The predicted molar refractivity (Wildman–Crippen MR) is 241 cm³/mol. The average Bonchev–Trinajstić information content (AvgIpc) is 3.60. The molecular weight excluding hydrogens is 830 g/mol. The van der Waals surface area contributed by atoms with E-state index in [9.17, 15) is 9.18 Å². The summed E-state index contributed by atoms with van der Waals surface area (Å²) in [5.41, 5.74) is 6.22. The second kappa shape index (κ2) is 19.2. The van der Waals surface area contributed by atoms with Crippen molar-refractivity contribution in [3.8, 4) is 22.3 Å². The van der Waals surface area contributed by atoms with Crippen molar-refractivity contribution in [2.24, 2.45) is 5.41 Å². The fraction of sp³-hybridized carbons (Fsp3) is 0.192. The summed E-state index contributed by atoms with van der Waals surface area (Å²) in [5.74, 6) is -0.791. The van der Waals surface area contributed by atoms with Gasteiger partial charge in [0.15, 0.2) is 0 Å². The number of esters is 1. The quantitative estimate of drug-likeness (QED) is 0.0943. The molecule has 0 radical (unpaired) electrons. The van der Waals surface area contributed by atoms with E-state index >= 15 is 4.79 Å². The maximum absolute atomic E-state index is 15.1. The van der Waals surface area contributed by atoms with Crippen molar-refractivity contribution in [3.05, 3.63) is 198 Å². The molecule has 1 amide bonds. The number of aromatic nitrogens is 1. The first-order valence-electron chi connectivity index (χ1n) is 20.1. The Morgan fingerprint density at radius 2 is 1.08 bits per heavy atom. The van der Waals surface area contributed by atoms with Gasteiger partial charge in [0, 0.05) is 23.7 Å². The molecule has 0 saturated carbocycles. The van der Waals surface area contributed by atoms with Gasteiger partial charge in [0.05, 0.1) is 11.1 Å². The van der Waals surface area contributed by atoms with Gasteiger partial charge < -0.3 is 31.6 Å². The molecule has 8 heteroatoms. The van der Waals surface area contributed by atoms with Crippen LogP contribution in [-0.2, 0) is 28.8 Å². The van der Waals surface area contributed by atoms with Crippen LogP contribution in [0.25, 0.3) is 22.3 Å². The van der Waals surface area contributed by atoms with E-state index in [0.717, 1.165) is 39.1 Å². The lowest BCUT2D eigenvalue weighted by molar-refractivity contribution is -0.154. The molecule has 0 bridgehead atoms. The van der Waals surface area contributed by atoms with Crippen LogP contribution < -0.4 is 38.2 Å². The van der Waals surface area contributed by atoms with Gasteiger partial charge in [-0.3, -0.25) is 9.59 Å². The van der Waals surface area contributed by atoms with Crippen LogP contribution in [0.5, 0.6) is 0 Å². The minimum atomic E-state index is -2.47. The number of halogens is 2. The number of hydrogen-bond donors (Lipinski definition) is 1. The molecule has 306 valence electrons. The number of ether oxygens (including phenoxy) is 1. The highest BCUT2D eigenvalue weighted by atomic mass is 79.9. The number of hydrogen-bond acceptors (Lipinski definition) is 3. The van der Waals surface area contributed by atoms with Crippen molar-refractivity contribution in [1.29, 1.82) is 0 Å². The minimum Gasteiger partial charge on any atom is -1.00 e. The monoisotopic (exact) mass is 880 g/mol. The normalized spacial score (nSPS) is 11.5. The van der Waals surface area contributed by atoms with Crippen LogP contribution in [-0.4, -0.2) is 16.4 Å². The number of nitrogens with zero attached hydrogens (tertiary/aromatic N) is 1. The molecule has 1 N–H and O–H groups in total. The second-order valence-corrected chi connectivity index (χ2v) is 19.7. The summed E-state index contributed by atoms with van der Waals surface area (Å²) in [4.78, 5) is 27.4. The zero-order chi connectivity index (χ0) is 41.6. The molecule has 60 heavy (non-hydrogen) atoms. The third-order valence-electron chi connectivity index (χ3n) is 10.7. The molecule has 7 rings (SSSR count). The fourth-order valence-electron chi connectivity index (χ4n) is 7.78. The Morgan fingerprint density at radius 3 is 1.55 bits per heavy atom. The summed E-state index contributed by atoms with van der Waals surface area (Å²) in [6, 6.07) is 56.6. The van der Waals surface area contributed by atoms with Crippen LogP contribution >= 0.6 is 7.26 Å². The van der Waals surface area contributed by atoms with Crippen molar-refractivity contribution in [2.45, 2.75) is 60.0 Å². The van der Waals surface area contributed by atoms with E-state index in [2.05, 4.69) is 115 Å². The molecular formula is C52H51BrFN2O3P.